The van der Waals surface area contributed by atoms with Gasteiger partial charge in [-0.3, -0.25) is 0 Å². The van der Waals surface area contributed by atoms with Crippen LogP contribution in [0.1, 0.15) is 55.3 Å². The number of rotatable bonds is 2. The van der Waals surface area contributed by atoms with Crippen molar-refractivity contribution in [3.05, 3.63) is 16.9 Å². The average molecular weight is 206 g/mol. The van der Waals surface area contributed by atoms with Crippen LogP contribution in [0.5, 0.6) is 0 Å². The summed E-state index contributed by atoms with van der Waals surface area (Å²) in [5, 5.41) is 1.19. The molecule has 0 aromatic carbocycles. The van der Waals surface area contributed by atoms with Crippen molar-refractivity contribution in [2.45, 2.75) is 44.4 Å². The fraction of sp³-hybridized carbons (Fsp3) is 0.636. The monoisotopic (exact) mass is 206 g/mol. The minimum absolute atomic E-state index is 0.698. The van der Waals surface area contributed by atoms with E-state index in [1.807, 2.05) is 0 Å². The Morgan fingerprint density at radius 2 is 2.21 bits per heavy atom. The van der Waals surface area contributed by atoms with Crippen molar-refractivity contribution in [2.24, 2.45) is 0 Å². The van der Waals surface area contributed by atoms with Crippen LogP contribution in [0.15, 0.2) is 6.08 Å². The Hall–Kier alpha value is -0.700. The molecular formula is C11H14N2S. The van der Waals surface area contributed by atoms with Crippen LogP contribution in [0.25, 0.3) is 5.57 Å². The van der Waals surface area contributed by atoms with E-state index in [2.05, 4.69) is 15.4 Å². The van der Waals surface area contributed by atoms with Gasteiger partial charge in [-0.2, -0.15) is 4.37 Å². The Morgan fingerprint density at radius 3 is 2.93 bits per heavy atom. The lowest BCUT2D eigenvalue weighted by Gasteiger charge is -2.08. The Kier molecular flexibility index (Phi) is 2.13. The van der Waals surface area contributed by atoms with Crippen molar-refractivity contribution in [3.63, 3.8) is 0 Å². The standard InChI is InChI=1S/C11H14N2S/c1-2-4-9(5-3-1)11-12-10(13-14-11)8-6-7-8/h4,8H,1-3,5-7H2. The van der Waals surface area contributed by atoms with Crippen molar-refractivity contribution in [1.29, 1.82) is 0 Å². The molecule has 2 aliphatic rings. The van der Waals surface area contributed by atoms with Crippen molar-refractivity contribution in [1.82, 2.24) is 9.36 Å². The average Bonchev–Trinajstić information content (AvgIpc) is 2.98. The third-order valence-electron chi connectivity index (χ3n) is 2.95. The molecule has 1 fully saturated rings. The second-order valence-electron chi connectivity index (χ2n) is 4.21. The summed E-state index contributed by atoms with van der Waals surface area (Å²) in [5.41, 5.74) is 1.45. The van der Waals surface area contributed by atoms with E-state index < -0.39 is 0 Å². The summed E-state index contributed by atoms with van der Waals surface area (Å²) in [6, 6.07) is 0. The zero-order valence-corrected chi connectivity index (χ0v) is 9.02. The molecule has 3 heteroatoms. The number of allylic oxidation sites excluding steroid dienone is 2. The highest BCUT2D eigenvalue weighted by molar-refractivity contribution is 7.06. The first-order chi connectivity index (χ1) is 6.93. The maximum atomic E-state index is 4.64. The summed E-state index contributed by atoms with van der Waals surface area (Å²) in [6.07, 6.45) is 10.1. The number of nitrogens with zero attached hydrogens (tertiary/aromatic N) is 2. The predicted molar refractivity (Wildman–Crippen MR) is 58.3 cm³/mol. The predicted octanol–water partition coefficient (Wildman–Crippen LogP) is 3.37. The fourth-order valence-corrected chi connectivity index (χ4v) is 2.71. The summed E-state index contributed by atoms with van der Waals surface area (Å²) >= 11 is 1.59. The molecule has 0 aliphatic heterocycles. The lowest BCUT2D eigenvalue weighted by molar-refractivity contribution is 0.741. The van der Waals surface area contributed by atoms with E-state index in [4.69, 9.17) is 0 Å². The van der Waals surface area contributed by atoms with E-state index in [1.54, 1.807) is 11.5 Å². The maximum Gasteiger partial charge on any atom is 0.146 e. The first-order valence-electron chi connectivity index (χ1n) is 5.46. The molecule has 2 aliphatic carbocycles. The first kappa shape index (κ1) is 8.60. The molecule has 2 nitrogen and oxygen atoms in total. The molecule has 14 heavy (non-hydrogen) atoms. The fourth-order valence-electron chi connectivity index (χ4n) is 1.91. The van der Waals surface area contributed by atoms with Gasteiger partial charge in [0.25, 0.3) is 0 Å². The van der Waals surface area contributed by atoms with Crippen LogP contribution >= 0.6 is 11.5 Å². The summed E-state index contributed by atoms with van der Waals surface area (Å²) in [4.78, 5) is 4.64. The number of aromatic nitrogens is 2. The first-order valence-corrected chi connectivity index (χ1v) is 6.24. The van der Waals surface area contributed by atoms with Gasteiger partial charge in [0.05, 0.1) is 0 Å². The Balaban J connectivity index is 1.84. The van der Waals surface area contributed by atoms with Crippen LogP contribution < -0.4 is 0 Å². The van der Waals surface area contributed by atoms with E-state index >= 15 is 0 Å². The molecule has 0 saturated heterocycles. The zero-order chi connectivity index (χ0) is 9.38. The van der Waals surface area contributed by atoms with Crippen molar-refractivity contribution < 1.29 is 0 Å². The molecule has 0 N–H and O–H groups in total. The van der Waals surface area contributed by atoms with Crippen LogP contribution in [-0.2, 0) is 0 Å². The van der Waals surface area contributed by atoms with Crippen molar-refractivity contribution in [3.8, 4) is 0 Å². The third kappa shape index (κ3) is 1.61. The van der Waals surface area contributed by atoms with E-state index in [-0.39, 0.29) is 0 Å². The van der Waals surface area contributed by atoms with Gasteiger partial charge in [0.1, 0.15) is 10.8 Å². The molecule has 1 saturated carbocycles. The minimum atomic E-state index is 0.698. The van der Waals surface area contributed by atoms with Gasteiger partial charge < -0.3 is 0 Å². The van der Waals surface area contributed by atoms with Gasteiger partial charge >= 0.3 is 0 Å². The van der Waals surface area contributed by atoms with Crippen LogP contribution in [0.3, 0.4) is 0 Å². The summed E-state index contributed by atoms with van der Waals surface area (Å²) < 4.78 is 4.44. The van der Waals surface area contributed by atoms with Gasteiger partial charge in [0, 0.05) is 5.92 Å². The van der Waals surface area contributed by atoms with Gasteiger partial charge in [-0.25, -0.2) is 4.98 Å². The molecule has 3 rings (SSSR count). The van der Waals surface area contributed by atoms with E-state index in [9.17, 15) is 0 Å². The van der Waals surface area contributed by atoms with Gasteiger partial charge in [-0.1, -0.05) is 6.08 Å². The Morgan fingerprint density at radius 1 is 1.29 bits per heavy atom. The Labute approximate surface area is 88.2 Å². The molecule has 0 atom stereocenters. The second kappa shape index (κ2) is 3.46. The lowest BCUT2D eigenvalue weighted by Crippen LogP contribution is -1.91. The van der Waals surface area contributed by atoms with Gasteiger partial charge in [0.15, 0.2) is 0 Å². The molecule has 0 radical (unpaired) electrons. The second-order valence-corrected chi connectivity index (χ2v) is 4.96. The summed E-state index contributed by atoms with van der Waals surface area (Å²) in [6.45, 7) is 0. The van der Waals surface area contributed by atoms with E-state index in [0.29, 0.717) is 5.92 Å². The quantitative estimate of drug-likeness (QED) is 0.741. The van der Waals surface area contributed by atoms with Crippen LogP contribution in [0.2, 0.25) is 0 Å². The van der Waals surface area contributed by atoms with Gasteiger partial charge in [-0.15, -0.1) is 0 Å². The normalized spacial score (nSPS) is 22.1. The molecule has 1 aromatic heterocycles. The van der Waals surface area contributed by atoms with E-state index in [0.717, 1.165) is 5.82 Å². The van der Waals surface area contributed by atoms with Crippen molar-refractivity contribution in [2.75, 3.05) is 0 Å². The highest BCUT2D eigenvalue weighted by Gasteiger charge is 2.28. The lowest BCUT2D eigenvalue weighted by atomic mass is 10.0. The summed E-state index contributed by atoms with van der Waals surface area (Å²) in [5.74, 6) is 1.81. The topological polar surface area (TPSA) is 25.8 Å². The van der Waals surface area contributed by atoms with Crippen LogP contribution in [-0.4, -0.2) is 9.36 Å². The smallest absolute Gasteiger partial charge is 0.146 e. The molecule has 0 spiro atoms. The maximum absolute atomic E-state index is 4.64. The largest absolute Gasteiger partial charge is 0.219 e. The summed E-state index contributed by atoms with van der Waals surface area (Å²) in [7, 11) is 0. The molecule has 0 unspecified atom stereocenters. The zero-order valence-electron chi connectivity index (χ0n) is 8.20. The molecule has 74 valence electrons. The highest BCUT2D eigenvalue weighted by Crippen LogP contribution is 2.39. The van der Waals surface area contributed by atoms with E-state index in [1.165, 1.54) is 49.1 Å². The van der Waals surface area contributed by atoms with Gasteiger partial charge in [-0.05, 0) is 55.6 Å². The highest BCUT2D eigenvalue weighted by atomic mass is 32.1. The van der Waals surface area contributed by atoms with Gasteiger partial charge in [0.2, 0.25) is 0 Å². The molecule has 0 bridgehead atoms. The number of hydrogen-bond donors (Lipinski definition) is 0. The Bertz CT molecular complexity index is 363. The molecule has 0 amide bonds. The SMILES string of the molecule is C1=C(c2nc(C3CC3)ns2)CCCC1. The number of hydrogen-bond acceptors (Lipinski definition) is 3. The van der Waals surface area contributed by atoms with Crippen LogP contribution in [0.4, 0.5) is 0 Å². The third-order valence-corrected chi connectivity index (χ3v) is 3.75. The molecule has 1 aromatic rings. The molecular weight excluding hydrogens is 192 g/mol. The van der Waals surface area contributed by atoms with Crippen LogP contribution in [0, 0.1) is 0 Å². The minimum Gasteiger partial charge on any atom is -0.219 e. The molecule has 1 heterocycles. The van der Waals surface area contributed by atoms with Crippen molar-refractivity contribution >= 4 is 17.1 Å².